The van der Waals surface area contributed by atoms with Gasteiger partial charge in [-0.15, -0.1) is 0 Å². The second kappa shape index (κ2) is 3.51. The Morgan fingerprint density at radius 1 is 1.47 bits per heavy atom. The summed E-state index contributed by atoms with van der Waals surface area (Å²) in [5.41, 5.74) is -0.567. The minimum Gasteiger partial charge on any atom is -0.479 e. The highest BCUT2D eigenvalue weighted by atomic mass is 35.5. The van der Waals surface area contributed by atoms with Crippen LogP contribution >= 0.6 is 11.6 Å². The second-order valence-corrected chi connectivity index (χ2v) is 4.19. The van der Waals surface area contributed by atoms with Crippen LogP contribution in [-0.4, -0.2) is 16.2 Å². The van der Waals surface area contributed by atoms with Crippen molar-refractivity contribution in [3.05, 3.63) is 34.3 Å². The number of aliphatic carboxylic acids is 1. The van der Waals surface area contributed by atoms with Gasteiger partial charge >= 0.3 is 5.97 Å². The Balaban J connectivity index is 2.61. The number of hydrogen-bond donors (Lipinski definition) is 2. The Labute approximate surface area is 92.3 Å². The first kappa shape index (κ1) is 10.5. The summed E-state index contributed by atoms with van der Waals surface area (Å²) >= 11 is 5.97. The minimum absolute atomic E-state index is 0.246. The molecule has 0 amide bonds. The molecule has 0 radical (unpaired) electrons. The summed E-state index contributed by atoms with van der Waals surface area (Å²) in [5, 5.41) is 19.6. The van der Waals surface area contributed by atoms with Crippen molar-refractivity contribution in [2.45, 2.75) is 24.9 Å². The van der Waals surface area contributed by atoms with Gasteiger partial charge in [0.15, 0.2) is 5.60 Å². The fourth-order valence-corrected chi connectivity index (χ4v) is 2.35. The Bertz CT molecular complexity index is 416. The number of hydrogen-bond acceptors (Lipinski definition) is 2. The van der Waals surface area contributed by atoms with E-state index < -0.39 is 11.6 Å². The molecular weight excluding hydrogens is 216 g/mol. The van der Waals surface area contributed by atoms with Crippen LogP contribution in [0.2, 0.25) is 5.02 Å². The number of halogens is 1. The maximum absolute atomic E-state index is 11.1. The SMILES string of the molecule is O=C(O)C1(O)CCCc2c(Cl)cccc21. The van der Waals surface area contributed by atoms with E-state index in [-0.39, 0.29) is 6.42 Å². The topological polar surface area (TPSA) is 57.5 Å². The van der Waals surface area contributed by atoms with Crippen LogP contribution in [0, 0.1) is 0 Å². The van der Waals surface area contributed by atoms with Crippen LogP contribution in [-0.2, 0) is 16.8 Å². The highest BCUT2D eigenvalue weighted by molar-refractivity contribution is 6.31. The number of fused-ring (bicyclic) bond motifs is 1. The Morgan fingerprint density at radius 2 is 2.20 bits per heavy atom. The average Bonchev–Trinajstić information content (AvgIpc) is 2.20. The standard InChI is InChI=1S/C11H11ClO3/c12-9-5-1-4-8-7(9)3-2-6-11(8,15)10(13)14/h1,4-5,15H,2-3,6H2,(H,13,14). The first-order chi connectivity index (χ1) is 7.05. The number of aliphatic hydroxyl groups is 1. The number of benzene rings is 1. The smallest absolute Gasteiger partial charge is 0.340 e. The first-order valence-corrected chi connectivity index (χ1v) is 5.17. The van der Waals surface area contributed by atoms with Gasteiger partial charge in [-0.05, 0) is 36.5 Å². The maximum atomic E-state index is 11.1. The van der Waals surface area contributed by atoms with Gasteiger partial charge in [0.1, 0.15) is 0 Å². The highest BCUT2D eigenvalue weighted by Gasteiger charge is 2.41. The van der Waals surface area contributed by atoms with Crippen LogP contribution in [0.25, 0.3) is 0 Å². The van der Waals surface area contributed by atoms with Crippen molar-refractivity contribution in [3.8, 4) is 0 Å². The fourth-order valence-electron chi connectivity index (χ4n) is 2.08. The van der Waals surface area contributed by atoms with Crippen LogP contribution in [0.3, 0.4) is 0 Å². The van der Waals surface area contributed by atoms with E-state index in [1.54, 1.807) is 18.2 Å². The van der Waals surface area contributed by atoms with Crippen LogP contribution in [0.4, 0.5) is 0 Å². The molecule has 1 atom stereocenters. The molecule has 15 heavy (non-hydrogen) atoms. The molecule has 1 unspecified atom stereocenters. The average molecular weight is 227 g/mol. The van der Waals surface area contributed by atoms with Gasteiger partial charge < -0.3 is 10.2 Å². The van der Waals surface area contributed by atoms with Gasteiger partial charge in [-0.3, -0.25) is 0 Å². The Kier molecular flexibility index (Phi) is 2.44. The first-order valence-electron chi connectivity index (χ1n) is 4.79. The molecule has 0 aliphatic heterocycles. The summed E-state index contributed by atoms with van der Waals surface area (Å²) in [7, 11) is 0. The molecular formula is C11H11ClO3. The van der Waals surface area contributed by atoms with Crippen molar-refractivity contribution in [2.24, 2.45) is 0 Å². The lowest BCUT2D eigenvalue weighted by molar-refractivity contribution is -0.161. The fraction of sp³-hybridized carbons (Fsp3) is 0.364. The zero-order valence-electron chi connectivity index (χ0n) is 8.03. The van der Waals surface area contributed by atoms with E-state index in [9.17, 15) is 9.90 Å². The van der Waals surface area contributed by atoms with Crippen molar-refractivity contribution in [1.82, 2.24) is 0 Å². The third-order valence-electron chi connectivity index (χ3n) is 2.88. The van der Waals surface area contributed by atoms with Gasteiger partial charge in [0, 0.05) is 5.02 Å². The lowest BCUT2D eigenvalue weighted by Crippen LogP contribution is -2.38. The second-order valence-electron chi connectivity index (χ2n) is 3.78. The molecule has 0 bridgehead atoms. The third kappa shape index (κ3) is 1.52. The summed E-state index contributed by atoms with van der Waals surface area (Å²) in [6, 6.07) is 5.02. The Morgan fingerprint density at radius 3 is 2.87 bits per heavy atom. The predicted octanol–water partition coefficient (Wildman–Crippen LogP) is 1.95. The summed E-state index contributed by atoms with van der Waals surface area (Å²) in [4.78, 5) is 11.1. The van der Waals surface area contributed by atoms with Crippen LogP contribution < -0.4 is 0 Å². The molecule has 80 valence electrons. The molecule has 3 nitrogen and oxygen atoms in total. The quantitative estimate of drug-likeness (QED) is 0.770. The molecule has 0 saturated heterocycles. The maximum Gasteiger partial charge on any atom is 0.340 e. The molecule has 0 fully saturated rings. The van der Waals surface area contributed by atoms with Crippen molar-refractivity contribution < 1.29 is 15.0 Å². The highest BCUT2D eigenvalue weighted by Crippen LogP contribution is 2.38. The van der Waals surface area contributed by atoms with Crippen molar-refractivity contribution in [3.63, 3.8) is 0 Å². The summed E-state index contributed by atoms with van der Waals surface area (Å²) in [5.74, 6) is -1.20. The van der Waals surface area contributed by atoms with E-state index in [1.807, 2.05) is 0 Å². The lowest BCUT2D eigenvalue weighted by Gasteiger charge is -2.31. The zero-order valence-corrected chi connectivity index (χ0v) is 8.79. The van der Waals surface area contributed by atoms with Crippen LogP contribution in [0.5, 0.6) is 0 Å². The molecule has 1 aromatic carbocycles. The van der Waals surface area contributed by atoms with Gasteiger partial charge in [0.2, 0.25) is 0 Å². The largest absolute Gasteiger partial charge is 0.479 e. The number of carboxylic acid groups (broad SMARTS) is 1. The van der Waals surface area contributed by atoms with E-state index in [1.165, 1.54) is 0 Å². The van der Waals surface area contributed by atoms with Gasteiger partial charge in [0.25, 0.3) is 0 Å². The molecule has 0 spiro atoms. The Hall–Kier alpha value is -1.06. The van der Waals surface area contributed by atoms with Gasteiger partial charge in [-0.2, -0.15) is 0 Å². The van der Waals surface area contributed by atoms with E-state index in [2.05, 4.69) is 0 Å². The van der Waals surface area contributed by atoms with Crippen molar-refractivity contribution in [1.29, 1.82) is 0 Å². The summed E-state index contributed by atoms with van der Waals surface area (Å²) in [6.45, 7) is 0. The van der Waals surface area contributed by atoms with E-state index in [0.717, 1.165) is 12.0 Å². The number of rotatable bonds is 1. The number of carboxylic acids is 1. The molecule has 0 heterocycles. The van der Waals surface area contributed by atoms with Crippen LogP contribution in [0.15, 0.2) is 18.2 Å². The molecule has 1 aliphatic carbocycles. The minimum atomic E-state index is -1.77. The molecule has 1 aromatic rings. The van der Waals surface area contributed by atoms with Gasteiger partial charge in [-0.1, -0.05) is 23.7 Å². The molecule has 1 aliphatic rings. The molecule has 0 aromatic heterocycles. The predicted molar refractivity (Wildman–Crippen MR) is 55.9 cm³/mol. The normalized spacial score (nSPS) is 24.7. The zero-order chi connectivity index (χ0) is 11.1. The number of carbonyl (C=O) groups is 1. The molecule has 4 heteroatoms. The van der Waals surface area contributed by atoms with Crippen molar-refractivity contribution >= 4 is 17.6 Å². The summed E-state index contributed by atoms with van der Waals surface area (Å²) in [6.07, 6.45) is 1.61. The van der Waals surface area contributed by atoms with E-state index in [4.69, 9.17) is 16.7 Å². The molecule has 0 saturated carbocycles. The molecule has 2 N–H and O–H groups in total. The third-order valence-corrected chi connectivity index (χ3v) is 3.24. The van der Waals surface area contributed by atoms with Gasteiger partial charge in [-0.25, -0.2) is 4.79 Å². The lowest BCUT2D eigenvalue weighted by atomic mass is 9.79. The van der Waals surface area contributed by atoms with E-state index in [0.29, 0.717) is 17.0 Å². The van der Waals surface area contributed by atoms with Crippen LogP contribution in [0.1, 0.15) is 24.0 Å². The monoisotopic (exact) mass is 226 g/mol. The summed E-state index contributed by atoms with van der Waals surface area (Å²) < 4.78 is 0. The van der Waals surface area contributed by atoms with Gasteiger partial charge in [0.05, 0.1) is 0 Å². The van der Waals surface area contributed by atoms with Crippen molar-refractivity contribution in [2.75, 3.05) is 0 Å². The molecule has 2 rings (SSSR count). The van der Waals surface area contributed by atoms with E-state index >= 15 is 0 Å².